The van der Waals surface area contributed by atoms with Crippen LogP contribution in [-0.4, -0.2) is 20.4 Å². The Morgan fingerprint density at radius 3 is 1.13 bits per heavy atom. The fourth-order valence-corrected chi connectivity index (χ4v) is 13.2. The zero-order valence-corrected chi connectivity index (χ0v) is 37.0. The number of Topliss-reactive ketones (excluding diaryl/α,β-unsaturated/α-hetero) is 2. The normalized spacial score (nSPS) is 27.8. The van der Waals surface area contributed by atoms with E-state index in [9.17, 15) is 12.3 Å². The molecule has 0 saturated heterocycles. The SMILES string of the molecule is [2H]c1c([2H])c2c(c3cc(C(C)(C)C)cc4c5cc6c(cc5n2c43)C(=O)C2(C)CCC6(C)CC2)c2c3cc(C(C)(C)C)cc4c5cc6c(cc5n(c12)c43)C(=O)C1(C)CCC6(C)CC1. The maximum absolute atomic E-state index is 14.7. The summed E-state index contributed by atoms with van der Waals surface area (Å²) < 4.78 is 24.8. The third-order valence-electron chi connectivity index (χ3n) is 17.5. The van der Waals surface area contributed by atoms with E-state index >= 15 is 0 Å². The summed E-state index contributed by atoms with van der Waals surface area (Å²) >= 11 is 0. The van der Waals surface area contributed by atoms with Crippen LogP contribution in [0.3, 0.4) is 0 Å². The molecule has 9 aromatic rings. The van der Waals surface area contributed by atoms with Crippen molar-refractivity contribution in [3.8, 4) is 0 Å². The van der Waals surface area contributed by atoms with Gasteiger partial charge in [0.05, 0.1) is 35.8 Å². The minimum absolute atomic E-state index is 0.0659. The molecular weight excluding hydrogens is 733 g/mol. The van der Waals surface area contributed by atoms with Gasteiger partial charge >= 0.3 is 0 Å². The lowest BCUT2D eigenvalue weighted by Crippen LogP contribution is -2.33. The minimum atomic E-state index is -0.370. The van der Waals surface area contributed by atoms with E-state index in [0.29, 0.717) is 0 Å². The van der Waals surface area contributed by atoms with Gasteiger partial charge in [-0.25, -0.2) is 0 Å². The predicted molar refractivity (Wildman–Crippen MR) is 250 cm³/mol. The largest absolute Gasteiger partial charge is 0.308 e. The number of benzene rings is 5. The summed E-state index contributed by atoms with van der Waals surface area (Å²) in [6.07, 6.45) is 7.64. The standard InChI is InChI=1S/C56H56N2O2/c1-51(2,3)29-21-33-31-25-39-35(49(59)55(9)17-13-53(39,7)14-18-55)27-43(31)57-41-11-12-42-46(45(41)37(23-29)47(33)57)38-24-30(52(4,5)6)22-34-32-26-40-36(28-44(32)58(42)48(34)38)50(60)56(10)19-15-54(40,8)16-20-56/h11-12,21-28H,13-20H2,1-10H3/i11D,12D. The topological polar surface area (TPSA) is 43.0 Å². The molecule has 4 nitrogen and oxygen atoms in total. The molecule has 5 aromatic carbocycles. The van der Waals surface area contributed by atoms with E-state index in [0.717, 1.165) is 139 Å². The molecule has 6 aliphatic rings. The van der Waals surface area contributed by atoms with E-state index in [-0.39, 0.29) is 56.1 Å². The van der Waals surface area contributed by atoms with E-state index in [1.165, 1.54) is 22.3 Å². The second-order valence-electron chi connectivity index (χ2n) is 23.4. The summed E-state index contributed by atoms with van der Waals surface area (Å²) in [4.78, 5) is 29.3. The summed E-state index contributed by atoms with van der Waals surface area (Å²) in [5, 5.41) is 8.75. The van der Waals surface area contributed by atoms with Crippen molar-refractivity contribution < 1.29 is 12.3 Å². The number of hydrogen-bond donors (Lipinski definition) is 0. The lowest BCUT2D eigenvalue weighted by molar-refractivity contribution is 0.0726. The molecule has 0 spiro atoms. The molecule has 4 heteroatoms. The smallest absolute Gasteiger partial charge is 0.169 e. The first-order valence-corrected chi connectivity index (χ1v) is 22.7. The highest BCUT2D eigenvalue weighted by Gasteiger charge is 2.50. The lowest BCUT2D eigenvalue weighted by atomic mass is 9.65. The summed E-state index contributed by atoms with van der Waals surface area (Å²) in [6, 6.07) is 18.9. The number of fused-ring (bicyclic) bond motifs is 17. The van der Waals surface area contributed by atoms with Crippen LogP contribution in [0.5, 0.6) is 0 Å². The Morgan fingerprint density at radius 2 is 0.783 bits per heavy atom. The number of rotatable bonds is 0. The van der Waals surface area contributed by atoms with Gasteiger partial charge in [0, 0.05) is 65.0 Å². The minimum Gasteiger partial charge on any atom is -0.308 e. The lowest BCUT2D eigenvalue weighted by Gasteiger charge is -2.38. The highest BCUT2D eigenvalue weighted by Crippen LogP contribution is 2.57. The number of carbonyl (C=O) groups excluding carboxylic acids is 2. The predicted octanol–water partition coefficient (Wildman–Crippen LogP) is 14.7. The van der Waals surface area contributed by atoms with Crippen molar-refractivity contribution in [2.75, 3.05) is 0 Å². The third-order valence-corrected chi connectivity index (χ3v) is 17.5. The maximum atomic E-state index is 14.7. The molecule has 0 atom stereocenters. The number of hydrogen-bond acceptors (Lipinski definition) is 2. The molecule has 0 N–H and O–H groups in total. The van der Waals surface area contributed by atoms with Crippen LogP contribution in [0.4, 0.5) is 0 Å². The van der Waals surface area contributed by atoms with Gasteiger partial charge in [-0.1, -0.05) is 69.2 Å². The molecule has 0 amide bonds. The van der Waals surface area contributed by atoms with Crippen LogP contribution >= 0.6 is 0 Å². The Hall–Kier alpha value is -4.96. The van der Waals surface area contributed by atoms with Gasteiger partial charge in [-0.15, -0.1) is 0 Å². The fourth-order valence-electron chi connectivity index (χ4n) is 13.2. The average Bonchev–Trinajstić information content (AvgIpc) is 3.90. The van der Waals surface area contributed by atoms with Crippen molar-refractivity contribution in [1.29, 1.82) is 0 Å². The Morgan fingerprint density at radius 1 is 0.450 bits per heavy atom. The molecule has 4 bridgehead atoms. The van der Waals surface area contributed by atoms with E-state index in [1.807, 2.05) is 0 Å². The first-order chi connectivity index (χ1) is 29.1. The number of aromatic nitrogens is 2. The van der Waals surface area contributed by atoms with Crippen molar-refractivity contribution in [3.63, 3.8) is 0 Å². The van der Waals surface area contributed by atoms with Crippen LogP contribution in [0, 0.1) is 10.8 Å². The molecule has 4 heterocycles. The zero-order valence-electron chi connectivity index (χ0n) is 39.0. The van der Waals surface area contributed by atoms with Gasteiger partial charge in [0.15, 0.2) is 11.6 Å². The Balaban J connectivity index is 1.26. The fraction of sp³-hybridized carbons (Fsp3) is 0.429. The first-order valence-electron chi connectivity index (χ1n) is 23.7. The maximum Gasteiger partial charge on any atom is 0.169 e. The molecule has 15 rings (SSSR count). The van der Waals surface area contributed by atoms with Crippen LogP contribution in [0.25, 0.3) is 76.2 Å². The monoisotopic (exact) mass is 790 g/mol. The highest BCUT2D eigenvalue weighted by atomic mass is 16.1. The zero-order chi connectivity index (χ0) is 43.3. The van der Waals surface area contributed by atoms with Crippen LogP contribution in [-0.2, 0) is 21.7 Å². The Labute approximate surface area is 354 Å². The van der Waals surface area contributed by atoms with Crippen molar-refractivity contribution in [1.82, 2.24) is 8.80 Å². The summed E-state index contributed by atoms with van der Waals surface area (Å²) in [7, 11) is 0. The van der Waals surface area contributed by atoms with Crippen molar-refractivity contribution in [3.05, 3.63) is 94.0 Å². The first kappa shape index (κ1) is 33.7. The molecule has 0 aliphatic heterocycles. The number of ketones is 2. The van der Waals surface area contributed by atoms with Gasteiger partial charge in [0.25, 0.3) is 0 Å². The highest BCUT2D eigenvalue weighted by molar-refractivity contribution is 6.36. The van der Waals surface area contributed by atoms with Crippen molar-refractivity contribution in [2.24, 2.45) is 10.8 Å². The van der Waals surface area contributed by atoms with Gasteiger partial charge in [0.2, 0.25) is 0 Å². The second-order valence-corrected chi connectivity index (χ2v) is 23.4. The molecule has 0 unspecified atom stereocenters. The van der Waals surface area contributed by atoms with E-state index in [2.05, 4.69) is 127 Å². The number of nitrogens with zero attached hydrogens (tertiary/aromatic N) is 2. The van der Waals surface area contributed by atoms with Gasteiger partial charge < -0.3 is 8.80 Å². The molecule has 2 saturated carbocycles. The van der Waals surface area contributed by atoms with Crippen LogP contribution < -0.4 is 0 Å². The molecule has 302 valence electrons. The van der Waals surface area contributed by atoms with Crippen molar-refractivity contribution >= 4 is 87.8 Å². The Bertz CT molecular complexity index is 3360. The number of carbonyl (C=O) groups is 2. The quantitative estimate of drug-likeness (QED) is 0.154. The molecule has 6 aliphatic carbocycles. The van der Waals surface area contributed by atoms with Crippen molar-refractivity contribution in [2.45, 2.75) is 142 Å². The third kappa shape index (κ3) is 4.06. The Kier molecular flexibility index (Phi) is 5.83. The van der Waals surface area contributed by atoms with E-state index < -0.39 is 0 Å². The van der Waals surface area contributed by atoms with Crippen LogP contribution in [0.1, 0.15) is 166 Å². The summed E-state index contributed by atoms with van der Waals surface area (Å²) in [5.41, 5.74) is 10.8. The molecule has 0 radical (unpaired) electrons. The summed E-state index contributed by atoms with van der Waals surface area (Å²) in [5.74, 6) is 0.507. The van der Waals surface area contributed by atoms with Crippen LogP contribution in [0.2, 0.25) is 0 Å². The van der Waals surface area contributed by atoms with Gasteiger partial charge in [-0.2, -0.15) is 0 Å². The molecule has 2 fully saturated rings. The van der Waals surface area contributed by atoms with E-state index in [1.54, 1.807) is 0 Å². The second kappa shape index (κ2) is 10.4. The van der Waals surface area contributed by atoms with Gasteiger partial charge in [-0.3, -0.25) is 9.59 Å². The van der Waals surface area contributed by atoms with Gasteiger partial charge in [0.1, 0.15) is 0 Å². The molecule has 60 heavy (non-hydrogen) atoms. The molecular formula is C56H56N2O2. The van der Waals surface area contributed by atoms with E-state index in [4.69, 9.17) is 0 Å². The van der Waals surface area contributed by atoms with Gasteiger partial charge in [-0.05, 0) is 156 Å². The molecule has 4 aromatic heterocycles. The average molecular weight is 791 g/mol. The van der Waals surface area contributed by atoms with Crippen LogP contribution in [0.15, 0.2) is 60.6 Å². The summed E-state index contributed by atoms with van der Waals surface area (Å²) in [6.45, 7) is 22.7.